The van der Waals surface area contributed by atoms with Crippen LogP contribution < -0.4 is 11.1 Å². The molecule has 0 fully saturated rings. The van der Waals surface area contributed by atoms with E-state index in [2.05, 4.69) is 17.5 Å². The lowest BCUT2D eigenvalue weighted by atomic mass is 10.0. The minimum atomic E-state index is -0.371. The Morgan fingerprint density at radius 1 is 0.639 bits per heavy atom. The van der Waals surface area contributed by atoms with Gasteiger partial charge >= 0.3 is 6.09 Å². The number of allylic oxidation sites excluding steroid dienone is 2. The first-order valence-corrected chi connectivity index (χ1v) is 13.2. The molecule has 1 amide bonds. The van der Waals surface area contributed by atoms with Crippen molar-refractivity contribution < 1.29 is 42.7 Å². The third-order valence-corrected chi connectivity index (χ3v) is 5.00. The van der Waals surface area contributed by atoms with E-state index in [9.17, 15) is 4.79 Å². The van der Waals surface area contributed by atoms with E-state index < -0.39 is 0 Å². The van der Waals surface area contributed by atoms with E-state index in [1.165, 1.54) is 0 Å². The van der Waals surface area contributed by atoms with Gasteiger partial charge in [0.25, 0.3) is 0 Å². The van der Waals surface area contributed by atoms with Crippen LogP contribution in [0.3, 0.4) is 0 Å². The number of alkyl carbamates (subject to hydrolysis) is 1. The lowest BCUT2D eigenvalue weighted by Gasteiger charge is -2.18. The number of nitrogens with two attached hydrogens (primary N) is 1. The van der Waals surface area contributed by atoms with Crippen LogP contribution in [0.2, 0.25) is 0 Å². The molecule has 1 rings (SSSR count). The summed E-state index contributed by atoms with van der Waals surface area (Å²) in [5.41, 5.74) is 5.32. The van der Waals surface area contributed by atoms with E-state index in [1.807, 2.05) is 0 Å². The second-order valence-electron chi connectivity index (χ2n) is 8.01. The Morgan fingerprint density at radius 2 is 1.08 bits per heavy atom. The molecular weight excluding hydrogens is 472 g/mol. The fourth-order valence-electron chi connectivity index (χ4n) is 3.17. The molecule has 0 aromatic rings. The number of nitrogens with one attached hydrogen (secondary N) is 1. The molecule has 0 bridgehead atoms. The van der Waals surface area contributed by atoms with E-state index >= 15 is 0 Å². The number of ether oxygens (including phenoxy) is 8. The largest absolute Gasteiger partial charge is 0.446 e. The van der Waals surface area contributed by atoms with Crippen molar-refractivity contribution >= 4 is 6.09 Å². The van der Waals surface area contributed by atoms with Gasteiger partial charge in [-0.15, -0.1) is 0 Å². The summed E-state index contributed by atoms with van der Waals surface area (Å²) >= 11 is 0. The number of carbonyl (C=O) groups is 1. The van der Waals surface area contributed by atoms with Gasteiger partial charge in [-0.2, -0.15) is 0 Å². The van der Waals surface area contributed by atoms with E-state index in [-0.39, 0.29) is 12.2 Å². The molecule has 0 radical (unpaired) electrons. The molecule has 3 N–H and O–H groups in total. The van der Waals surface area contributed by atoms with Crippen LogP contribution in [0.5, 0.6) is 0 Å². The lowest BCUT2D eigenvalue weighted by molar-refractivity contribution is -0.0201. The van der Waals surface area contributed by atoms with Gasteiger partial charge in [0.15, 0.2) is 0 Å². The molecule has 0 aromatic carbocycles. The van der Waals surface area contributed by atoms with Crippen molar-refractivity contribution in [3.63, 3.8) is 0 Å². The Balaban J connectivity index is 1.71. The molecule has 0 aliphatic heterocycles. The maximum Gasteiger partial charge on any atom is 0.407 e. The molecule has 0 saturated heterocycles. The molecule has 0 aromatic heterocycles. The van der Waals surface area contributed by atoms with Crippen molar-refractivity contribution in [3.05, 3.63) is 12.2 Å². The van der Waals surface area contributed by atoms with Gasteiger partial charge in [-0.25, -0.2) is 4.79 Å². The molecule has 36 heavy (non-hydrogen) atoms. The highest BCUT2D eigenvalue weighted by atomic mass is 16.6. The van der Waals surface area contributed by atoms with Crippen LogP contribution in [0.15, 0.2) is 12.2 Å². The summed E-state index contributed by atoms with van der Waals surface area (Å²) in [5, 5.41) is 2.73. The lowest BCUT2D eigenvalue weighted by Crippen LogP contribution is -2.31. The highest BCUT2D eigenvalue weighted by molar-refractivity contribution is 5.67. The zero-order chi connectivity index (χ0) is 25.8. The molecule has 11 nitrogen and oxygen atoms in total. The minimum Gasteiger partial charge on any atom is -0.446 e. The molecule has 0 heterocycles. The third-order valence-electron chi connectivity index (χ3n) is 5.00. The second kappa shape index (κ2) is 26.7. The van der Waals surface area contributed by atoms with E-state index in [0.29, 0.717) is 106 Å². The maximum atomic E-state index is 11.9. The van der Waals surface area contributed by atoms with Crippen molar-refractivity contribution in [2.45, 2.75) is 38.2 Å². The first-order chi connectivity index (χ1) is 17.8. The SMILES string of the molecule is NCCOCCOCCOCCOCCOCCOCCOCCNC(=O)OC1CC/C=C\CCC1. The van der Waals surface area contributed by atoms with Gasteiger partial charge in [0, 0.05) is 13.1 Å². The summed E-state index contributed by atoms with van der Waals surface area (Å²) in [6, 6.07) is 0. The van der Waals surface area contributed by atoms with Gasteiger partial charge in [0.2, 0.25) is 0 Å². The van der Waals surface area contributed by atoms with Crippen LogP contribution >= 0.6 is 0 Å². The predicted molar refractivity (Wildman–Crippen MR) is 135 cm³/mol. The Bertz CT molecular complexity index is 512. The van der Waals surface area contributed by atoms with Crippen LogP contribution in [-0.2, 0) is 37.9 Å². The van der Waals surface area contributed by atoms with Gasteiger partial charge in [-0.1, -0.05) is 12.2 Å². The first kappa shape index (κ1) is 32.7. The van der Waals surface area contributed by atoms with Crippen molar-refractivity contribution in [2.24, 2.45) is 5.73 Å². The molecule has 1 unspecified atom stereocenters. The summed E-state index contributed by atoms with van der Waals surface area (Å²) in [6.07, 6.45) is 8.85. The number of rotatable bonds is 24. The van der Waals surface area contributed by atoms with Gasteiger partial charge in [-0.05, 0) is 32.1 Å². The van der Waals surface area contributed by atoms with Crippen LogP contribution in [0.4, 0.5) is 4.79 Å². The van der Waals surface area contributed by atoms with E-state index in [4.69, 9.17) is 43.6 Å². The quantitative estimate of drug-likeness (QED) is 0.143. The molecule has 0 saturated carbocycles. The van der Waals surface area contributed by atoms with Crippen molar-refractivity contribution in [2.75, 3.05) is 106 Å². The van der Waals surface area contributed by atoms with E-state index in [1.54, 1.807) is 0 Å². The predicted octanol–water partition coefficient (Wildman–Crippen LogP) is 1.68. The van der Waals surface area contributed by atoms with Crippen LogP contribution in [-0.4, -0.2) is 118 Å². The first-order valence-electron chi connectivity index (χ1n) is 13.2. The van der Waals surface area contributed by atoms with E-state index in [0.717, 1.165) is 32.1 Å². The molecule has 1 aliphatic carbocycles. The number of hydrogen-bond acceptors (Lipinski definition) is 10. The van der Waals surface area contributed by atoms with Gasteiger partial charge < -0.3 is 48.9 Å². The average Bonchev–Trinajstić information content (AvgIpc) is 2.86. The molecule has 1 atom stereocenters. The number of hydrogen-bond donors (Lipinski definition) is 2. The normalized spacial score (nSPS) is 16.9. The Morgan fingerprint density at radius 3 is 1.58 bits per heavy atom. The topological polar surface area (TPSA) is 129 Å². The Kier molecular flexibility index (Phi) is 24.3. The molecular formula is C25H48N2O9. The molecule has 212 valence electrons. The zero-order valence-corrected chi connectivity index (χ0v) is 21.8. The standard InChI is InChI=1S/C25H48N2O9/c26-8-10-29-12-14-31-16-18-33-20-22-35-23-21-34-19-17-32-15-13-30-11-9-27-25(28)36-24-6-4-2-1-3-5-7-24/h1-2,24H,3-23,26H2,(H,27,28)/b2-1-. The molecule has 11 heteroatoms. The van der Waals surface area contributed by atoms with Crippen LogP contribution in [0.25, 0.3) is 0 Å². The monoisotopic (exact) mass is 520 g/mol. The fraction of sp³-hybridized carbons (Fsp3) is 0.880. The van der Waals surface area contributed by atoms with Gasteiger partial charge in [0.1, 0.15) is 6.10 Å². The average molecular weight is 521 g/mol. The number of carbonyl (C=O) groups excluding carboxylic acids is 1. The fourth-order valence-corrected chi connectivity index (χ4v) is 3.17. The van der Waals surface area contributed by atoms with Gasteiger partial charge in [-0.3, -0.25) is 0 Å². The Labute approximate surface area is 216 Å². The van der Waals surface area contributed by atoms with Gasteiger partial charge in [0.05, 0.1) is 92.5 Å². The molecule has 1 aliphatic rings. The van der Waals surface area contributed by atoms with Crippen molar-refractivity contribution in [1.82, 2.24) is 5.32 Å². The summed E-state index contributed by atoms with van der Waals surface area (Å²) < 4.78 is 43.2. The minimum absolute atomic E-state index is 0.000862. The second-order valence-corrected chi connectivity index (χ2v) is 8.01. The highest BCUT2D eigenvalue weighted by Crippen LogP contribution is 2.15. The smallest absolute Gasteiger partial charge is 0.407 e. The zero-order valence-electron chi connectivity index (χ0n) is 21.8. The maximum absolute atomic E-state index is 11.9. The van der Waals surface area contributed by atoms with Crippen LogP contribution in [0.1, 0.15) is 32.1 Å². The summed E-state index contributed by atoms with van der Waals surface area (Å²) in [5.74, 6) is 0. The summed E-state index contributed by atoms with van der Waals surface area (Å²) in [4.78, 5) is 11.9. The van der Waals surface area contributed by atoms with Crippen molar-refractivity contribution in [1.29, 1.82) is 0 Å². The number of amides is 1. The highest BCUT2D eigenvalue weighted by Gasteiger charge is 2.14. The Hall–Kier alpha value is -1.31. The third kappa shape index (κ3) is 23.1. The molecule has 0 spiro atoms. The summed E-state index contributed by atoms with van der Waals surface area (Å²) in [6.45, 7) is 8.04. The van der Waals surface area contributed by atoms with Crippen LogP contribution in [0, 0.1) is 0 Å². The summed E-state index contributed by atoms with van der Waals surface area (Å²) in [7, 11) is 0. The van der Waals surface area contributed by atoms with Crippen molar-refractivity contribution in [3.8, 4) is 0 Å².